The van der Waals surface area contributed by atoms with Gasteiger partial charge in [-0.15, -0.1) is 0 Å². The third kappa shape index (κ3) is 3.95. The first-order valence-electron chi connectivity index (χ1n) is 7.67. The number of furan rings is 1. The number of aromatic nitrogens is 2. The lowest BCUT2D eigenvalue weighted by molar-refractivity contribution is 0.000921. The lowest BCUT2D eigenvalue weighted by Crippen LogP contribution is -2.22. The standard InChI is InChI=1S/C16H23N3O2/c1-18(10-11-19-9-4-8-17-19)13-14-6-7-16(21-14)15-5-2-3-12-20-15/h4,6-9,15H,2-3,5,10-13H2,1H3. The third-order valence-electron chi connectivity index (χ3n) is 3.88. The van der Waals surface area contributed by atoms with Gasteiger partial charge in [0.15, 0.2) is 0 Å². The van der Waals surface area contributed by atoms with E-state index in [0.29, 0.717) is 0 Å². The molecule has 114 valence electrons. The van der Waals surface area contributed by atoms with E-state index in [4.69, 9.17) is 9.15 Å². The van der Waals surface area contributed by atoms with Gasteiger partial charge in [-0.25, -0.2) is 0 Å². The molecule has 5 heteroatoms. The Balaban J connectivity index is 1.49. The molecule has 1 aliphatic rings. The van der Waals surface area contributed by atoms with Gasteiger partial charge in [-0.2, -0.15) is 5.10 Å². The molecule has 0 amide bonds. The van der Waals surface area contributed by atoms with Gasteiger partial charge in [-0.1, -0.05) is 0 Å². The average Bonchev–Trinajstić information content (AvgIpc) is 3.17. The van der Waals surface area contributed by atoms with Gasteiger partial charge in [0.1, 0.15) is 17.6 Å². The maximum atomic E-state index is 5.94. The lowest BCUT2D eigenvalue weighted by Gasteiger charge is -2.20. The molecule has 0 bridgehead atoms. The van der Waals surface area contributed by atoms with Crippen LogP contribution >= 0.6 is 0 Å². The molecule has 0 saturated carbocycles. The summed E-state index contributed by atoms with van der Waals surface area (Å²) in [6.07, 6.45) is 7.41. The number of hydrogen-bond acceptors (Lipinski definition) is 4. The van der Waals surface area contributed by atoms with Gasteiger partial charge in [0, 0.05) is 25.5 Å². The van der Waals surface area contributed by atoms with E-state index in [9.17, 15) is 0 Å². The van der Waals surface area contributed by atoms with Crippen molar-refractivity contribution in [2.24, 2.45) is 0 Å². The third-order valence-corrected chi connectivity index (χ3v) is 3.88. The molecule has 0 aliphatic carbocycles. The minimum absolute atomic E-state index is 0.155. The molecule has 21 heavy (non-hydrogen) atoms. The van der Waals surface area contributed by atoms with Crippen LogP contribution in [0.15, 0.2) is 35.0 Å². The molecule has 0 aromatic carbocycles. The first-order chi connectivity index (χ1) is 10.3. The summed E-state index contributed by atoms with van der Waals surface area (Å²) in [5.41, 5.74) is 0. The van der Waals surface area contributed by atoms with Crippen LogP contribution in [-0.2, 0) is 17.8 Å². The molecule has 1 aliphatic heterocycles. The van der Waals surface area contributed by atoms with Crippen molar-refractivity contribution in [1.29, 1.82) is 0 Å². The summed E-state index contributed by atoms with van der Waals surface area (Å²) in [7, 11) is 2.10. The van der Waals surface area contributed by atoms with E-state index in [1.54, 1.807) is 0 Å². The molecule has 0 radical (unpaired) electrons. The van der Waals surface area contributed by atoms with Crippen molar-refractivity contribution in [2.45, 2.75) is 38.5 Å². The van der Waals surface area contributed by atoms with Crippen LogP contribution in [0.5, 0.6) is 0 Å². The fourth-order valence-electron chi connectivity index (χ4n) is 2.67. The summed E-state index contributed by atoms with van der Waals surface area (Å²) in [5.74, 6) is 1.98. The Hall–Kier alpha value is -1.59. The topological polar surface area (TPSA) is 43.4 Å². The maximum Gasteiger partial charge on any atom is 0.133 e. The first-order valence-corrected chi connectivity index (χ1v) is 7.67. The number of ether oxygens (including phenoxy) is 1. The molecular weight excluding hydrogens is 266 g/mol. The summed E-state index contributed by atoms with van der Waals surface area (Å²) in [4.78, 5) is 2.24. The Bertz CT molecular complexity index is 529. The maximum absolute atomic E-state index is 5.94. The first kappa shape index (κ1) is 14.4. The van der Waals surface area contributed by atoms with Crippen LogP contribution in [0, 0.1) is 0 Å². The molecule has 2 aromatic heterocycles. The Labute approximate surface area is 125 Å². The van der Waals surface area contributed by atoms with E-state index in [1.807, 2.05) is 23.1 Å². The number of likely N-dealkylation sites (N-methyl/N-ethyl adjacent to an activating group) is 1. The highest BCUT2D eigenvalue weighted by Crippen LogP contribution is 2.29. The molecule has 0 N–H and O–H groups in total. The number of rotatable bonds is 6. The van der Waals surface area contributed by atoms with Crippen molar-refractivity contribution in [3.05, 3.63) is 42.1 Å². The van der Waals surface area contributed by atoms with Gasteiger partial charge in [0.25, 0.3) is 0 Å². The van der Waals surface area contributed by atoms with Crippen molar-refractivity contribution in [3.8, 4) is 0 Å². The highest BCUT2D eigenvalue weighted by Gasteiger charge is 2.19. The summed E-state index contributed by atoms with van der Waals surface area (Å²) in [5, 5.41) is 4.21. The molecule has 0 spiro atoms. The highest BCUT2D eigenvalue weighted by molar-refractivity contribution is 5.10. The summed E-state index contributed by atoms with van der Waals surface area (Å²) in [6, 6.07) is 6.08. The van der Waals surface area contributed by atoms with Crippen LogP contribution in [0.4, 0.5) is 0 Å². The van der Waals surface area contributed by atoms with E-state index in [2.05, 4.69) is 29.2 Å². The van der Waals surface area contributed by atoms with Crippen molar-refractivity contribution in [1.82, 2.24) is 14.7 Å². The Morgan fingerprint density at radius 3 is 3.10 bits per heavy atom. The zero-order chi connectivity index (χ0) is 14.5. The van der Waals surface area contributed by atoms with E-state index in [1.165, 1.54) is 12.8 Å². The van der Waals surface area contributed by atoms with Crippen LogP contribution in [0.3, 0.4) is 0 Å². The van der Waals surface area contributed by atoms with Gasteiger partial charge in [-0.3, -0.25) is 9.58 Å². The second-order valence-electron chi connectivity index (χ2n) is 5.67. The molecule has 1 saturated heterocycles. The summed E-state index contributed by atoms with van der Waals surface area (Å²) in [6.45, 7) is 3.50. The van der Waals surface area contributed by atoms with E-state index in [-0.39, 0.29) is 6.10 Å². The van der Waals surface area contributed by atoms with Crippen LogP contribution in [-0.4, -0.2) is 34.9 Å². The molecule has 1 atom stereocenters. The monoisotopic (exact) mass is 289 g/mol. The number of nitrogens with zero attached hydrogens (tertiary/aromatic N) is 3. The van der Waals surface area contributed by atoms with E-state index in [0.717, 1.165) is 44.2 Å². The average molecular weight is 289 g/mol. The van der Waals surface area contributed by atoms with E-state index >= 15 is 0 Å². The zero-order valence-electron chi connectivity index (χ0n) is 12.6. The number of hydrogen-bond donors (Lipinski definition) is 0. The Kier molecular flexibility index (Phi) is 4.72. The summed E-state index contributed by atoms with van der Waals surface area (Å²) < 4.78 is 13.6. The van der Waals surface area contributed by atoms with E-state index < -0.39 is 0 Å². The van der Waals surface area contributed by atoms with Crippen LogP contribution < -0.4 is 0 Å². The second kappa shape index (κ2) is 6.91. The minimum atomic E-state index is 0.155. The largest absolute Gasteiger partial charge is 0.462 e. The van der Waals surface area contributed by atoms with Crippen molar-refractivity contribution < 1.29 is 9.15 Å². The van der Waals surface area contributed by atoms with Gasteiger partial charge in [0.05, 0.1) is 13.1 Å². The molecule has 1 fully saturated rings. The van der Waals surface area contributed by atoms with Gasteiger partial charge in [-0.05, 0) is 44.5 Å². The Morgan fingerprint density at radius 2 is 2.33 bits per heavy atom. The predicted molar refractivity (Wildman–Crippen MR) is 79.8 cm³/mol. The molecular formula is C16H23N3O2. The molecule has 3 heterocycles. The van der Waals surface area contributed by atoms with Gasteiger partial charge < -0.3 is 9.15 Å². The molecule has 5 nitrogen and oxygen atoms in total. The zero-order valence-corrected chi connectivity index (χ0v) is 12.6. The van der Waals surface area contributed by atoms with Gasteiger partial charge in [0.2, 0.25) is 0 Å². The molecule has 1 unspecified atom stereocenters. The van der Waals surface area contributed by atoms with Crippen molar-refractivity contribution in [3.63, 3.8) is 0 Å². The molecule has 2 aromatic rings. The lowest BCUT2D eigenvalue weighted by atomic mass is 10.1. The van der Waals surface area contributed by atoms with Gasteiger partial charge >= 0.3 is 0 Å². The normalized spacial score (nSPS) is 19.2. The van der Waals surface area contributed by atoms with Crippen LogP contribution in [0.25, 0.3) is 0 Å². The predicted octanol–water partition coefficient (Wildman–Crippen LogP) is 2.85. The quantitative estimate of drug-likeness (QED) is 0.820. The van der Waals surface area contributed by atoms with Crippen molar-refractivity contribution >= 4 is 0 Å². The minimum Gasteiger partial charge on any atom is -0.462 e. The molecule has 3 rings (SSSR count). The summed E-state index contributed by atoms with van der Waals surface area (Å²) >= 11 is 0. The fraction of sp³-hybridized carbons (Fsp3) is 0.562. The smallest absolute Gasteiger partial charge is 0.133 e. The second-order valence-corrected chi connectivity index (χ2v) is 5.67. The fourth-order valence-corrected chi connectivity index (χ4v) is 2.67. The van der Waals surface area contributed by atoms with Crippen LogP contribution in [0.1, 0.15) is 36.9 Å². The SMILES string of the molecule is CN(CCn1cccn1)Cc1ccc(C2CCCCO2)o1. The van der Waals surface area contributed by atoms with Crippen molar-refractivity contribution in [2.75, 3.05) is 20.2 Å². The highest BCUT2D eigenvalue weighted by atomic mass is 16.5. The Morgan fingerprint density at radius 1 is 1.38 bits per heavy atom. The van der Waals surface area contributed by atoms with Crippen LogP contribution in [0.2, 0.25) is 0 Å².